The molecule has 0 aromatic heterocycles. The van der Waals surface area contributed by atoms with Crippen LogP contribution in [0.1, 0.15) is 23.7 Å². The van der Waals surface area contributed by atoms with Gasteiger partial charge in [0.1, 0.15) is 5.75 Å². The first-order valence-electron chi connectivity index (χ1n) is 9.63. The van der Waals surface area contributed by atoms with E-state index in [1.807, 2.05) is 11.8 Å². The average molecular weight is 376 g/mol. The van der Waals surface area contributed by atoms with Gasteiger partial charge in [0.05, 0.1) is 0 Å². The number of benzene rings is 1. The summed E-state index contributed by atoms with van der Waals surface area (Å²) in [4.78, 5) is 30.6. The summed E-state index contributed by atoms with van der Waals surface area (Å²) in [5, 5.41) is 0. The van der Waals surface area contributed by atoms with E-state index in [9.17, 15) is 9.59 Å². The van der Waals surface area contributed by atoms with Crippen LogP contribution in [-0.4, -0.2) is 87.4 Å². The molecule has 1 heterocycles. The standard InChI is InChI=1S/C21H33N3O3/c1-6-20(25)16-7-9-19(10-8-16)27-15-21(26)24-13-17(11-22(2)3)18(14-24)12-23(4)5/h7-10,17-18H,6,11-15H2,1-5H3/t17-,18-/m1/s1. The van der Waals surface area contributed by atoms with Crippen LogP contribution < -0.4 is 4.74 Å². The smallest absolute Gasteiger partial charge is 0.260 e. The molecule has 1 saturated heterocycles. The van der Waals surface area contributed by atoms with Gasteiger partial charge in [-0.3, -0.25) is 9.59 Å². The van der Waals surface area contributed by atoms with Crippen LogP contribution in [-0.2, 0) is 4.79 Å². The Morgan fingerprint density at radius 1 is 1.00 bits per heavy atom. The molecule has 2 rings (SSSR count). The van der Waals surface area contributed by atoms with Gasteiger partial charge in [-0.1, -0.05) is 6.92 Å². The largest absolute Gasteiger partial charge is 0.484 e. The topological polar surface area (TPSA) is 53.1 Å². The third-order valence-corrected chi connectivity index (χ3v) is 4.99. The van der Waals surface area contributed by atoms with Crippen molar-refractivity contribution in [1.29, 1.82) is 0 Å². The number of amides is 1. The van der Waals surface area contributed by atoms with Crippen molar-refractivity contribution in [3.05, 3.63) is 29.8 Å². The van der Waals surface area contributed by atoms with Crippen molar-refractivity contribution in [1.82, 2.24) is 14.7 Å². The number of hydrogen-bond acceptors (Lipinski definition) is 5. The van der Waals surface area contributed by atoms with Crippen LogP contribution in [0.5, 0.6) is 5.75 Å². The second kappa shape index (κ2) is 9.85. The molecule has 1 aromatic rings. The van der Waals surface area contributed by atoms with E-state index in [0.717, 1.165) is 26.2 Å². The average Bonchev–Trinajstić information content (AvgIpc) is 3.00. The van der Waals surface area contributed by atoms with Gasteiger partial charge in [-0.05, 0) is 64.3 Å². The summed E-state index contributed by atoms with van der Waals surface area (Å²) in [5.74, 6) is 1.70. The summed E-state index contributed by atoms with van der Waals surface area (Å²) in [6.07, 6.45) is 0.482. The fraction of sp³-hybridized carbons (Fsp3) is 0.619. The summed E-state index contributed by atoms with van der Waals surface area (Å²) in [7, 11) is 8.31. The summed E-state index contributed by atoms with van der Waals surface area (Å²) in [5.41, 5.74) is 0.675. The molecule has 27 heavy (non-hydrogen) atoms. The molecule has 1 amide bonds. The molecule has 1 fully saturated rings. The highest BCUT2D eigenvalue weighted by Gasteiger charge is 2.35. The third kappa shape index (κ3) is 6.33. The monoisotopic (exact) mass is 375 g/mol. The second-order valence-corrected chi connectivity index (χ2v) is 7.93. The number of ketones is 1. The number of ether oxygens (including phenoxy) is 1. The van der Waals surface area contributed by atoms with Gasteiger partial charge < -0.3 is 19.4 Å². The normalized spacial score (nSPS) is 19.7. The van der Waals surface area contributed by atoms with Gasteiger partial charge in [0.15, 0.2) is 12.4 Å². The van der Waals surface area contributed by atoms with Crippen molar-refractivity contribution in [2.45, 2.75) is 13.3 Å². The van der Waals surface area contributed by atoms with E-state index in [-0.39, 0.29) is 18.3 Å². The molecule has 150 valence electrons. The molecule has 1 aliphatic heterocycles. The van der Waals surface area contributed by atoms with E-state index < -0.39 is 0 Å². The molecule has 0 spiro atoms. The zero-order valence-electron chi connectivity index (χ0n) is 17.3. The predicted molar refractivity (Wildman–Crippen MR) is 107 cm³/mol. The van der Waals surface area contributed by atoms with Crippen molar-refractivity contribution in [3.8, 4) is 5.75 Å². The van der Waals surface area contributed by atoms with E-state index >= 15 is 0 Å². The molecular formula is C21H33N3O3. The maximum absolute atomic E-state index is 12.6. The Morgan fingerprint density at radius 3 is 1.96 bits per heavy atom. The molecule has 2 atom stereocenters. The number of rotatable bonds is 9. The number of nitrogens with zero attached hydrogens (tertiary/aromatic N) is 3. The minimum Gasteiger partial charge on any atom is -0.484 e. The Labute approximate surface area is 163 Å². The van der Waals surface area contributed by atoms with Gasteiger partial charge in [-0.25, -0.2) is 0 Å². The lowest BCUT2D eigenvalue weighted by Crippen LogP contribution is -2.34. The fourth-order valence-electron chi connectivity index (χ4n) is 3.67. The Kier molecular flexibility index (Phi) is 7.80. The molecular weight excluding hydrogens is 342 g/mol. The first kappa shape index (κ1) is 21.4. The summed E-state index contributed by atoms with van der Waals surface area (Å²) < 4.78 is 5.66. The van der Waals surface area contributed by atoms with Gasteiger partial charge in [-0.15, -0.1) is 0 Å². The van der Waals surface area contributed by atoms with Gasteiger partial charge in [-0.2, -0.15) is 0 Å². The number of Topliss-reactive ketones (excluding diaryl/α,β-unsaturated/α-hetero) is 1. The zero-order valence-corrected chi connectivity index (χ0v) is 17.3. The second-order valence-electron chi connectivity index (χ2n) is 7.93. The fourth-order valence-corrected chi connectivity index (χ4v) is 3.67. The minimum atomic E-state index is 0.0220. The van der Waals surface area contributed by atoms with Crippen molar-refractivity contribution in [2.75, 3.05) is 61.0 Å². The maximum atomic E-state index is 12.6. The predicted octanol–water partition coefficient (Wildman–Crippen LogP) is 1.86. The minimum absolute atomic E-state index is 0.0220. The quantitative estimate of drug-likeness (QED) is 0.617. The van der Waals surface area contributed by atoms with E-state index in [0.29, 0.717) is 29.6 Å². The van der Waals surface area contributed by atoms with E-state index in [4.69, 9.17) is 4.74 Å². The highest BCUT2D eigenvalue weighted by Crippen LogP contribution is 2.25. The zero-order chi connectivity index (χ0) is 20.0. The lowest BCUT2D eigenvalue weighted by atomic mass is 9.95. The lowest BCUT2D eigenvalue weighted by Gasteiger charge is -2.24. The van der Waals surface area contributed by atoms with Crippen LogP contribution in [0.2, 0.25) is 0 Å². The van der Waals surface area contributed by atoms with Crippen molar-refractivity contribution >= 4 is 11.7 Å². The van der Waals surface area contributed by atoms with Gasteiger partial charge in [0.25, 0.3) is 5.91 Å². The molecule has 0 radical (unpaired) electrons. The SMILES string of the molecule is CCC(=O)c1ccc(OCC(=O)N2C[C@@H](CN(C)C)[C@H](CN(C)C)C2)cc1. The Hall–Kier alpha value is -1.92. The first-order valence-corrected chi connectivity index (χ1v) is 9.63. The van der Waals surface area contributed by atoms with Gasteiger partial charge in [0.2, 0.25) is 0 Å². The van der Waals surface area contributed by atoms with Crippen LogP contribution in [0, 0.1) is 11.8 Å². The van der Waals surface area contributed by atoms with E-state index in [2.05, 4.69) is 38.0 Å². The van der Waals surface area contributed by atoms with Crippen LogP contribution >= 0.6 is 0 Å². The molecule has 0 unspecified atom stereocenters. The summed E-state index contributed by atoms with van der Waals surface area (Å²) in [6.45, 7) is 5.40. The van der Waals surface area contributed by atoms with Crippen molar-refractivity contribution < 1.29 is 14.3 Å². The van der Waals surface area contributed by atoms with Crippen LogP contribution in [0.15, 0.2) is 24.3 Å². The third-order valence-electron chi connectivity index (χ3n) is 4.99. The molecule has 1 aromatic carbocycles. The molecule has 0 aliphatic carbocycles. The number of carbonyl (C=O) groups is 2. The van der Waals surface area contributed by atoms with Crippen molar-refractivity contribution in [2.24, 2.45) is 11.8 Å². The van der Waals surface area contributed by atoms with Crippen LogP contribution in [0.25, 0.3) is 0 Å². The van der Waals surface area contributed by atoms with Crippen LogP contribution in [0.3, 0.4) is 0 Å². The Bertz CT molecular complexity index is 610. The van der Waals surface area contributed by atoms with Gasteiger partial charge >= 0.3 is 0 Å². The number of hydrogen-bond donors (Lipinski definition) is 0. The Balaban J connectivity index is 1.90. The van der Waals surface area contributed by atoms with E-state index in [1.54, 1.807) is 24.3 Å². The number of likely N-dealkylation sites (tertiary alicyclic amines) is 1. The molecule has 0 N–H and O–H groups in total. The molecule has 6 nitrogen and oxygen atoms in total. The molecule has 6 heteroatoms. The maximum Gasteiger partial charge on any atom is 0.260 e. The molecule has 0 bridgehead atoms. The van der Waals surface area contributed by atoms with Crippen molar-refractivity contribution in [3.63, 3.8) is 0 Å². The highest BCUT2D eigenvalue weighted by atomic mass is 16.5. The molecule has 0 saturated carbocycles. The summed E-state index contributed by atoms with van der Waals surface area (Å²) in [6, 6.07) is 7.01. The Morgan fingerprint density at radius 2 is 1.52 bits per heavy atom. The van der Waals surface area contributed by atoms with Gasteiger partial charge in [0, 0.05) is 38.2 Å². The van der Waals surface area contributed by atoms with Crippen LogP contribution in [0.4, 0.5) is 0 Å². The van der Waals surface area contributed by atoms with E-state index in [1.165, 1.54) is 0 Å². The first-order chi connectivity index (χ1) is 12.8. The highest BCUT2D eigenvalue weighted by molar-refractivity contribution is 5.95. The number of carbonyl (C=O) groups excluding carboxylic acids is 2. The summed E-state index contributed by atoms with van der Waals surface area (Å²) >= 11 is 0. The molecule has 1 aliphatic rings. The lowest BCUT2D eigenvalue weighted by molar-refractivity contribution is -0.132.